The molecule has 0 aliphatic heterocycles. The molecule has 7 heteroatoms. The number of hydrogen-bond donors (Lipinski definition) is 4. The molecule has 1 rings (SSSR count). The first kappa shape index (κ1) is 19.8. The monoisotopic (exact) mass is 342 g/mol. The smallest absolute Gasteiger partial charge is 0.307 e. The maximum atomic E-state index is 12.4. The van der Waals surface area contributed by atoms with Gasteiger partial charge in [0.25, 0.3) is 0 Å². The predicted octanol–water partition coefficient (Wildman–Crippen LogP) is 1.73. The van der Waals surface area contributed by atoms with Gasteiger partial charge in [-0.1, -0.05) is 44.2 Å². The molecule has 0 fully saturated rings. The molecule has 0 heterocycles. The van der Waals surface area contributed by atoms with Gasteiger partial charge in [-0.05, 0) is 24.4 Å². The lowest BCUT2D eigenvalue weighted by atomic mass is 10.0. The van der Waals surface area contributed by atoms with Crippen LogP contribution in [0, 0.1) is 11.8 Å². The van der Waals surface area contributed by atoms with Gasteiger partial charge in [0.05, 0.1) is 11.7 Å². The minimum Gasteiger partial charge on any atom is -0.481 e. The van der Waals surface area contributed by atoms with E-state index in [0.29, 0.717) is 12.5 Å². The highest BCUT2D eigenvalue weighted by atomic mass is 31.2. The Hall–Kier alpha value is -1.20. The number of nitrogens with one attached hydrogen (secondary N) is 1. The van der Waals surface area contributed by atoms with Gasteiger partial charge in [0.2, 0.25) is 7.37 Å². The van der Waals surface area contributed by atoms with Gasteiger partial charge in [-0.3, -0.25) is 9.36 Å². The van der Waals surface area contributed by atoms with E-state index in [4.69, 9.17) is 5.73 Å². The number of hydrogen-bond acceptors (Lipinski definition) is 4. The van der Waals surface area contributed by atoms with Crippen molar-refractivity contribution >= 4 is 13.3 Å². The van der Waals surface area contributed by atoms with Gasteiger partial charge in [-0.15, -0.1) is 0 Å². The first-order chi connectivity index (χ1) is 10.7. The Morgan fingerprint density at radius 3 is 2.39 bits per heavy atom. The van der Waals surface area contributed by atoms with E-state index >= 15 is 0 Å². The van der Waals surface area contributed by atoms with Gasteiger partial charge in [0, 0.05) is 12.7 Å². The summed E-state index contributed by atoms with van der Waals surface area (Å²) < 4.78 is 12.4. The van der Waals surface area contributed by atoms with Crippen LogP contribution in [-0.2, 0) is 15.8 Å². The van der Waals surface area contributed by atoms with Gasteiger partial charge in [0.1, 0.15) is 0 Å². The molecule has 0 aliphatic carbocycles. The van der Waals surface area contributed by atoms with Gasteiger partial charge in [0.15, 0.2) is 0 Å². The van der Waals surface area contributed by atoms with Crippen LogP contribution in [0.2, 0.25) is 0 Å². The Bertz CT molecular complexity index is 536. The third-order valence-corrected chi connectivity index (χ3v) is 5.76. The van der Waals surface area contributed by atoms with Crippen LogP contribution in [0.3, 0.4) is 0 Å². The zero-order valence-corrected chi connectivity index (χ0v) is 14.6. The van der Waals surface area contributed by atoms with Crippen molar-refractivity contribution in [1.82, 2.24) is 5.32 Å². The first-order valence-electron chi connectivity index (χ1n) is 7.77. The van der Waals surface area contributed by atoms with E-state index in [1.54, 1.807) is 0 Å². The number of aliphatic carboxylic acids is 1. The number of nitrogens with two attached hydrogens (primary N) is 1. The van der Waals surface area contributed by atoms with Crippen molar-refractivity contribution in [3.8, 4) is 0 Å². The third kappa shape index (κ3) is 7.27. The minimum absolute atomic E-state index is 0.198. The lowest BCUT2D eigenvalue weighted by Gasteiger charge is -2.23. The van der Waals surface area contributed by atoms with Crippen LogP contribution in [0.25, 0.3) is 0 Å². The van der Waals surface area contributed by atoms with E-state index in [2.05, 4.69) is 5.32 Å². The van der Waals surface area contributed by atoms with Crippen LogP contribution < -0.4 is 11.1 Å². The molecule has 3 unspecified atom stereocenters. The lowest BCUT2D eigenvalue weighted by Crippen LogP contribution is -2.37. The lowest BCUT2D eigenvalue weighted by molar-refractivity contribution is -0.141. The second-order valence-electron chi connectivity index (χ2n) is 6.28. The zero-order valence-electron chi connectivity index (χ0n) is 13.7. The molecule has 23 heavy (non-hydrogen) atoms. The first-order valence-corrected chi connectivity index (χ1v) is 9.68. The summed E-state index contributed by atoms with van der Waals surface area (Å²) >= 11 is 0. The van der Waals surface area contributed by atoms with Gasteiger partial charge >= 0.3 is 5.97 Å². The van der Waals surface area contributed by atoms with Crippen molar-refractivity contribution < 1.29 is 19.4 Å². The summed E-state index contributed by atoms with van der Waals surface area (Å²) in [7, 11) is -3.76. The zero-order chi connectivity index (χ0) is 17.5. The number of carbonyl (C=O) groups is 1. The van der Waals surface area contributed by atoms with Crippen molar-refractivity contribution in [1.29, 1.82) is 0 Å². The fraction of sp³-hybridized carbons (Fsp3) is 0.562. The van der Waals surface area contributed by atoms with Crippen molar-refractivity contribution in [2.75, 3.05) is 19.3 Å². The van der Waals surface area contributed by atoms with Crippen molar-refractivity contribution in [2.24, 2.45) is 17.6 Å². The standard InChI is InChI=1S/C16H27N2O4P/c1-12(2)9-18-10-15(17)23(21,22)11-14(16(19)20)8-13-6-4-3-5-7-13/h3-7,12,14-15,18H,8-11,17H2,1-2H3,(H,19,20)(H,21,22). The van der Waals surface area contributed by atoms with Gasteiger partial charge in [-0.2, -0.15) is 0 Å². The largest absolute Gasteiger partial charge is 0.481 e. The second kappa shape index (κ2) is 9.18. The maximum absolute atomic E-state index is 12.4. The Morgan fingerprint density at radius 1 is 1.26 bits per heavy atom. The van der Waals surface area contributed by atoms with Crippen molar-refractivity contribution in [3.63, 3.8) is 0 Å². The average Bonchev–Trinajstić information content (AvgIpc) is 2.46. The van der Waals surface area contributed by atoms with Crippen LogP contribution in [0.15, 0.2) is 30.3 Å². The van der Waals surface area contributed by atoms with Crippen LogP contribution in [0.5, 0.6) is 0 Å². The molecule has 1 aromatic carbocycles. The highest BCUT2D eigenvalue weighted by Crippen LogP contribution is 2.46. The summed E-state index contributed by atoms with van der Waals surface area (Å²) in [6.07, 6.45) is -0.103. The predicted molar refractivity (Wildman–Crippen MR) is 91.6 cm³/mol. The van der Waals surface area contributed by atoms with E-state index in [-0.39, 0.29) is 19.1 Å². The van der Waals surface area contributed by atoms with E-state index in [1.165, 1.54) is 0 Å². The molecule has 0 bridgehead atoms. The molecule has 6 nitrogen and oxygen atoms in total. The quantitative estimate of drug-likeness (QED) is 0.482. The van der Waals surface area contributed by atoms with Gasteiger partial charge in [-0.25, -0.2) is 0 Å². The summed E-state index contributed by atoms with van der Waals surface area (Å²) in [5, 5.41) is 12.4. The molecule has 130 valence electrons. The number of rotatable bonds is 10. The number of carboxylic acids is 1. The highest BCUT2D eigenvalue weighted by molar-refractivity contribution is 7.58. The highest BCUT2D eigenvalue weighted by Gasteiger charge is 2.34. The summed E-state index contributed by atoms with van der Waals surface area (Å²) in [4.78, 5) is 21.6. The number of carboxylic acid groups (broad SMARTS) is 1. The van der Waals surface area contributed by atoms with Gasteiger partial charge < -0.3 is 21.1 Å². The molecular formula is C16H27N2O4P. The maximum Gasteiger partial charge on any atom is 0.307 e. The fourth-order valence-electron chi connectivity index (χ4n) is 2.24. The van der Waals surface area contributed by atoms with Crippen molar-refractivity contribution in [2.45, 2.75) is 26.1 Å². The van der Waals surface area contributed by atoms with E-state index in [9.17, 15) is 19.4 Å². The van der Waals surface area contributed by atoms with E-state index < -0.39 is 25.0 Å². The Labute approximate surface area is 137 Å². The molecule has 0 spiro atoms. The Morgan fingerprint density at radius 2 is 1.87 bits per heavy atom. The molecule has 3 atom stereocenters. The van der Waals surface area contributed by atoms with Crippen LogP contribution in [0.4, 0.5) is 0 Å². The molecule has 0 saturated carbocycles. The molecule has 0 radical (unpaired) electrons. The van der Waals surface area contributed by atoms with Crippen LogP contribution >= 0.6 is 7.37 Å². The molecule has 1 aromatic rings. The normalized spacial score (nSPS) is 16.7. The molecule has 0 aromatic heterocycles. The third-order valence-electron chi connectivity index (χ3n) is 3.58. The Balaban J connectivity index is 2.66. The molecule has 0 saturated heterocycles. The fourth-order valence-corrected chi connectivity index (χ4v) is 3.84. The average molecular weight is 342 g/mol. The van der Waals surface area contributed by atoms with E-state index in [1.807, 2.05) is 44.2 Å². The topological polar surface area (TPSA) is 113 Å². The Kier molecular flexibility index (Phi) is 7.92. The van der Waals surface area contributed by atoms with Crippen molar-refractivity contribution in [3.05, 3.63) is 35.9 Å². The molecule has 0 amide bonds. The van der Waals surface area contributed by atoms with Crippen LogP contribution in [0.1, 0.15) is 19.4 Å². The molecular weight excluding hydrogens is 315 g/mol. The summed E-state index contributed by atoms with van der Waals surface area (Å²) in [6, 6.07) is 9.08. The summed E-state index contributed by atoms with van der Waals surface area (Å²) in [5.74, 6) is -2.56. The minimum atomic E-state index is -3.76. The molecule has 0 aliphatic rings. The number of benzene rings is 1. The summed E-state index contributed by atoms with van der Waals surface area (Å²) in [5.41, 5.74) is 6.64. The van der Waals surface area contributed by atoms with E-state index in [0.717, 1.165) is 5.56 Å². The SMILES string of the molecule is CC(C)CNCC(N)P(=O)(O)CC(Cc1ccccc1)C(=O)O. The second-order valence-corrected chi connectivity index (χ2v) is 8.82. The molecule has 5 N–H and O–H groups in total. The summed E-state index contributed by atoms with van der Waals surface area (Å²) in [6.45, 7) is 4.94. The van der Waals surface area contributed by atoms with Crippen LogP contribution in [-0.4, -0.2) is 41.0 Å².